The van der Waals surface area contributed by atoms with Gasteiger partial charge in [0.1, 0.15) is 6.07 Å². The number of esters is 1. The van der Waals surface area contributed by atoms with Crippen molar-refractivity contribution in [2.75, 3.05) is 6.61 Å². The Morgan fingerprint density at radius 3 is 2.69 bits per heavy atom. The maximum atomic E-state index is 11.5. The molecule has 0 radical (unpaired) electrons. The van der Waals surface area contributed by atoms with Gasteiger partial charge in [-0.15, -0.1) is 0 Å². The van der Waals surface area contributed by atoms with Gasteiger partial charge in [0, 0.05) is 0 Å². The van der Waals surface area contributed by atoms with Crippen LogP contribution >= 0.6 is 11.6 Å². The first-order valence-electron chi connectivity index (χ1n) is 5.04. The molecule has 0 bridgehead atoms. The number of halogens is 1. The first-order chi connectivity index (χ1) is 7.65. The Hall–Kier alpha value is -1.53. The summed E-state index contributed by atoms with van der Waals surface area (Å²) in [4.78, 5) is 11.5. The molecule has 84 valence electrons. The molecule has 0 aliphatic carbocycles. The van der Waals surface area contributed by atoms with Gasteiger partial charge in [0.15, 0.2) is 0 Å². The summed E-state index contributed by atoms with van der Waals surface area (Å²) < 4.78 is 4.85. The van der Waals surface area contributed by atoms with E-state index in [4.69, 9.17) is 21.6 Å². The molecular weight excluding hydrogens is 226 g/mol. The van der Waals surface area contributed by atoms with Gasteiger partial charge in [0.2, 0.25) is 0 Å². The summed E-state index contributed by atoms with van der Waals surface area (Å²) in [6.07, 6.45) is 0.719. The lowest BCUT2D eigenvalue weighted by molar-refractivity contribution is 0.0526. The maximum Gasteiger partial charge on any atom is 0.339 e. The molecule has 3 nitrogen and oxygen atoms in total. The Bertz CT molecular complexity index is 449. The minimum Gasteiger partial charge on any atom is -0.462 e. The van der Waals surface area contributed by atoms with Gasteiger partial charge in [-0.05, 0) is 25.0 Å². The van der Waals surface area contributed by atoms with Crippen LogP contribution in [-0.4, -0.2) is 12.6 Å². The highest BCUT2D eigenvalue weighted by molar-refractivity contribution is 6.33. The molecule has 0 saturated heterocycles. The molecule has 0 heterocycles. The van der Waals surface area contributed by atoms with Crippen LogP contribution in [0.1, 0.15) is 35.3 Å². The Kier molecular flexibility index (Phi) is 4.33. The molecule has 0 unspecified atom stereocenters. The zero-order chi connectivity index (χ0) is 12.1. The van der Waals surface area contributed by atoms with Gasteiger partial charge in [-0.1, -0.05) is 24.6 Å². The summed E-state index contributed by atoms with van der Waals surface area (Å²) in [6, 6.07) is 5.28. The highest BCUT2D eigenvalue weighted by atomic mass is 35.5. The Labute approximate surface area is 99.6 Å². The van der Waals surface area contributed by atoms with Gasteiger partial charge in [-0.25, -0.2) is 4.79 Å². The average molecular weight is 238 g/mol. The van der Waals surface area contributed by atoms with E-state index < -0.39 is 5.97 Å². The summed E-state index contributed by atoms with van der Waals surface area (Å²) in [5.41, 5.74) is 1.28. The molecule has 4 heteroatoms. The molecule has 0 N–H and O–H groups in total. The third-order valence-electron chi connectivity index (χ3n) is 2.21. The molecule has 0 aliphatic heterocycles. The minimum atomic E-state index is -0.511. The number of aryl methyl sites for hydroxylation is 1. The molecule has 16 heavy (non-hydrogen) atoms. The fourth-order valence-corrected chi connectivity index (χ4v) is 1.72. The second-order valence-corrected chi connectivity index (χ2v) is 3.53. The van der Waals surface area contributed by atoms with E-state index in [1.54, 1.807) is 19.1 Å². The predicted octanol–water partition coefficient (Wildman–Crippen LogP) is 2.95. The quantitative estimate of drug-likeness (QED) is 0.760. The van der Waals surface area contributed by atoms with Crippen molar-refractivity contribution in [1.29, 1.82) is 5.26 Å². The van der Waals surface area contributed by atoms with Crippen molar-refractivity contribution < 1.29 is 9.53 Å². The molecule has 0 aromatic heterocycles. The third kappa shape index (κ3) is 2.34. The number of hydrogen-bond acceptors (Lipinski definition) is 3. The van der Waals surface area contributed by atoms with Crippen molar-refractivity contribution in [1.82, 2.24) is 0 Å². The van der Waals surface area contributed by atoms with Crippen LogP contribution in [0.3, 0.4) is 0 Å². The van der Waals surface area contributed by atoms with Crippen molar-refractivity contribution in [2.24, 2.45) is 0 Å². The van der Waals surface area contributed by atoms with E-state index in [1.165, 1.54) is 0 Å². The molecule has 0 amide bonds. The second kappa shape index (κ2) is 5.53. The molecule has 1 rings (SSSR count). The topological polar surface area (TPSA) is 50.1 Å². The SMILES string of the molecule is CCOC(=O)c1ccc(CC)c(Cl)c1C#N. The standard InChI is InChI=1S/C12H12ClNO2/c1-3-8-5-6-9(12(15)16-4-2)10(7-14)11(8)13/h5-6H,3-4H2,1-2H3. The van der Waals surface area contributed by atoms with Crippen LogP contribution < -0.4 is 0 Å². The van der Waals surface area contributed by atoms with Crippen molar-refractivity contribution in [3.05, 3.63) is 33.8 Å². The molecule has 0 fully saturated rings. The summed E-state index contributed by atoms with van der Waals surface area (Å²) >= 11 is 6.03. The van der Waals surface area contributed by atoms with Crippen molar-refractivity contribution in [3.8, 4) is 6.07 Å². The van der Waals surface area contributed by atoms with E-state index in [1.807, 2.05) is 13.0 Å². The monoisotopic (exact) mass is 237 g/mol. The van der Waals surface area contributed by atoms with Crippen molar-refractivity contribution in [2.45, 2.75) is 20.3 Å². The second-order valence-electron chi connectivity index (χ2n) is 3.15. The number of hydrogen-bond donors (Lipinski definition) is 0. The van der Waals surface area contributed by atoms with Gasteiger partial charge in [0.25, 0.3) is 0 Å². The molecule has 0 atom stereocenters. The summed E-state index contributed by atoms with van der Waals surface area (Å²) in [6.45, 7) is 3.93. The van der Waals surface area contributed by atoms with E-state index in [9.17, 15) is 4.79 Å². The fraction of sp³-hybridized carbons (Fsp3) is 0.333. The van der Waals surface area contributed by atoms with Gasteiger partial charge in [0.05, 0.1) is 22.8 Å². The zero-order valence-electron chi connectivity index (χ0n) is 9.21. The van der Waals surface area contributed by atoms with E-state index in [0.717, 1.165) is 12.0 Å². The van der Waals surface area contributed by atoms with Crippen LogP contribution in [0.25, 0.3) is 0 Å². The number of nitriles is 1. The fourth-order valence-electron chi connectivity index (χ4n) is 1.38. The lowest BCUT2D eigenvalue weighted by Crippen LogP contribution is -2.08. The maximum absolute atomic E-state index is 11.5. The largest absolute Gasteiger partial charge is 0.462 e. The van der Waals surface area contributed by atoms with Crippen LogP contribution in [0.2, 0.25) is 5.02 Å². The van der Waals surface area contributed by atoms with Crippen molar-refractivity contribution in [3.63, 3.8) is 0 Å². The lowest BCUT2D eigenvalue weighted by Gasteiger charge is -2.08. The van der Waals surface area contributed by atoms with Gasteiger partial charge < -0.3 is 4.74 Å². The minimum absolute atomic E-state index is 0.194. The number of rotatable bonds is 3. The number of nitrogens with zero attached hydrogens (tertiary/aromatic N) is 1. The first-order valence-corrected chi connectivity index (χ1v) is 5.42. The summed E-state index contributed by atoms with van der Waals surface area (Å²) in [5, 5.41) is 9.34. The Morgan fingerprint density at radius 1 is 1.50 bits per heavy atom. The number of ether oxygens (including phenoxy) is 1. The third-order valence-corrected chi connectivity index (χ3v) is 2.64. The molecular formula is C12H12ClNO2. The van der Waals surface area contributed by atoms with Gasteiger partial charge in [-0.2, -0.15) is 5.26 Å². The van der Waals surface area contributed by atoms with Crippen LogP contribution in [0.5, 0.6) is 0 Å². The Morgan fingerprint density at radius 2 is 2.19 bits per heavy atom. The van der Waals surface area contributed by atoms with Crippen LogP contribution in [0.4, 0.5) is 0 Å². The first kappa shape index (κ1) is 12.5. The van der Waals surface area contributed by atoms with Gasteiger partial charge >= 0.3 is 5.97 Å². The predicted molar refractivity (Wildman–Crippen MR) is 61.5 cm³/mol. The van der Waals surface area contributed by atoms with Crippen LogP contribution in [0.15, 0.2) is 12.1 Å². The molecule has 1 aromatic carbocycles. The average Bonchev–Trinajstić information content (AvgIpc) is 2.28. The number of carbonyl (C=O) groups is 1. The van der Waals surface area contributed by atoms with E-state index in [0.29, 0.717) is 5.02 Å². The highest BCUT2D eigenvalue weighted by Crippen LogP contribution is 2.25. The smallest absolute Gasteiger partial charge is 0.339 e. The summed E-state index contributed by atoms with van der Waals surface area (Å²) in [7, 11) is 0. The molecule has 1 aromatic rings. The van der Waals surface area contributed by atoms with E-state index in [-0.39, 0.29) is 17.7 Å². The number of carbonyl (C=O) groups excluding carboxylic acids is 1. The highest BCUT2D eigenvalue weighted by Gasteiger charge is 2.17. The number of benzene rings is 1. The van der Waals surface area contributed by atoms with Gasteiger partial charge in [-0.3, -0.25) is 0 Å². The molecule has 0 aliphatic rings. The normalized spacial score (nSPS) is 9.62. The van der Waals surface area contributed by atoms with E-state index >= 15 is 0 Å². The molecule has 0 spiro atoms. The Balaban J connectivity index is 3.27. The zero-order valence-corrected chi connectivity index (χ0v) is 9.97. The van der Waals surface area contributed by atoms with Crippen LogP contribution in [-0.2, 0) is 11.2 Å². The van der Waals surface area contributed by atoms with Crippen LogP contribution in [0, 0.1) is 11.3 Å². The van der Waals surface area contributed by atoms with Crippen molar-refractivity contribution >= 4 is 17.6 Å². The summed E-state index contributed by atoms with van der Waals surface area (Å²) in [5.74, 6) is -0.511. The lowest BCUT2D eigenvalue weighted by atomic mass is 10.0. The molecule has 0 saturated carbocycles. The van der Waals surface area contributed by atoms with E-state index in [2.05, 4.69) is 0 Å².